The summed E-state index contributed by atoms with van der Waals surface area (Å²) >= 11 is 0. The summed E-state index contributed by atoms with van der Waals surface area (Å²) in [5.41, 5.74) is 0. The first-order chi connectivity index (χ1) is 6.68. The van der Waals surface area contributed by atoms with Crippen LogP contribution in [0, 0.1) is 0 Å². The van der Waals surface area contributed by atoms with E-state index < -0.39 is 8.56 Å². The average Bonchev–Trinajstić information content (AvgIpc) is 2.13. The third kappa shape index (κ3) is 6.57. The monoisotopic (exact) mass is 218 g/mol. The smallest absolute Gasteiger partial charge is 0.334 e. The molecule has 86 valence electrons. The third-order valence-electron chi connectivity index (χ3n) is 2.38. The average molecular weight is 218 g/mol. The van der Waals surface area contributed by atoms with Crippen LogP contribution in [0.4, 0.5) is 0 Å². The summed E-state index contributed by atoms with van der Waals surface area (Å²) in [7, 11) is -1.80. The van der Waals surface area contributed by atoms with Crippen molar-refractivity contribution in [3.8, 4) is 0 Å². The van der Waals surface area contributed by atoms with E-state index in [1.54, 1.807) is 0 Å². The van der Waals surface area contributed by atoms with Crippen molar-refractivity contribution in [1.29, 1.82) is 0 Å². The zero-order chi connectivity index (χ0) is 10.9. The lowest BCUT2D eigenvalue weighted by molar-refractivity contribution is 0.188. The summed E-state index contributed by atoms with van der Waals surface area (Å²) in [6.45, 7) is 10.1. The fourth-order valence-corrected chi connectivity index (χ4v) is 4.16. The van der Waals surface area contributed by atoms with E-state index in [2.05, 4.69) is 27.3 Å². The first-order valence-corrected chi connectivity index (χ1v) is 8.48. The van der Waals surface area contributed by atoms with Crippen LogP contribution in [0.1, 0.15) is 46.5 Å². The molecule has 14 heavy (non-hydrogen) atoms. The van der Waals surface area contributed by atoms with Gasteiger partial charge in [0.05, 0.1) is 0 Å². The van der Waals surface area contributed by atoms with E-state index >= 15 is 0 Å². The van der Waals surface area contributed by atoms with Crippen LogP contribution < -0.4 is 0 Å². The van der Waals surface area contributed by atoms with E-state index in [4.69, 9.17) is 8.85 Å². The predicted octanol–water partition coefficient (Wildman–Crippen LogP) is 3.71. The van der Waals surface area contributed by atoms with Gasteiger partial charge in [0, 0.05) is 13.2 Å². The van der Waals surface area contributed by atoms with Crippen LogP contribution >= 0.6 is 0 Å². The van der Waals surface area contributed by atoms with E-state index in [-0.39, 0.29) is 0 Å². The molecule has 2 nitrogen and oxygen atoms in total. The summed E-state index contributed by atoms with van der Waals surface area (Å²) in [5.74, 6) is 0. The number of rotatable bonds is 9. The van der Waals surface area contributed by atoms with Crippen LogP contribution in [0.2, 0.25) is 12.6 Å². The zero-order valence-corrected chi connectivity index (χ0v) is 11.3. The van der Waals surface area contributed by atoms with Gasteiger partial charge in [-0.15, -0.1) is 0 Å². The Labute approximate surface area is 90.2 Å². The highest BCUT2D eigenvalue weighted by atomic mass is 28.4. The van der Waals surface area contributed by atoms with Crippen molar-refractivity contribution in [3.63, 3.8) is 0 Å². The number of hydrogen-bond donors (Lipinski definition) is 0. The predicted molar refractivity (Wildman–Crippen MR) is 63.8 cm³/mol. The lowest BCUT2D eigenvalue weighted by Gasteiger charge is -2.25. The number of unbranched alkanes of at least 4 members (excludes halogenated alkanes) is 3. The van der Waals surface area contributed by atoms with E-state index in [0.29, 0.717) is 0 Å². The van der Waals surface area contributed by atoms with Gasteiger partial charge < -0.3 is 8.85 Å². The van der Waals surface area contributed by atoms with Crippen molar-refractivity contribution in [2.75, 3.05) is 13.2 Å². The molecule has 0 radical (unpaired) electrons. The molecule has 0 aliphatic heterocycles. The first-order valence-electron chi connectivity index (χ1n) is 5.96. The van der Waals surface area contributed by atoms with Crippen LogP contribution in [-0.2, 0) is 8.85 Å². The van der Waals surface area contributed by atoms with Gasteiger partial charge in [0.2, 0.25) is 0 Å². The quantitative estimate of drug-likeness (QED) is 0.434. The van der Waals surface area contributed by atoms with Crippen molar-refractivity contribution >= 4 is 8.56 Å². The standard InChI is InChI=1S/C11H26O2Si/c1-5-8-9-10-11-14(4,12-6-2)13-7-3/h5-11H2,1-4H3. The van der Waals surface area contributed by atoms with Gasteiger partial charge in [-0.3, -0.25) is 0 Å². The van der Waals surface area contributed by atoms with Crippen molar-refractivity contribution in [2.24, 2.45) is 0 Å². The maximum absolute atomic E-state index is 5.77. The van der Waals surface area contributed by atoms with Gasteiger partial charge in [-0.25, -0.2) is 0 Å². The van der Waals surface area contributed by atoms with Gasteiger partial charge in [-0.2, -0.15) is 0 Å². The first kappa shape index (κ1) is 14.1. The van der Waals surface area contributed by atoms with Crippen LogP contribution in [0.25, 0.3) is 0 Å². The minimum Gasteiger partial charge on any atom is -0.395 e. The van der Waals surface area contributed by atoms with E-state index in [1.165, 1.54) is 25.7 Å². The molecule has 0 saturated carbocycles. The second-order valence-electron chi connectivity index (χ2n) is 3.81. The molecule has 3 heteroatoms. The summed E-state index contributed by atoms with van der Waals surface area (Å²) in [6.07, 6.45) is 5.21. The molecule has 0 aliphatic rings. The molecule has 0 aromatic carbocycles. The maximum atomic E-state index is 5.77. The van der Waals surface area contributed by atoms with Crippen molar-refractivity contribution in [3.05, 3.63) is 0 Å². The molecular formula is C11H26O2Si. The van der Waals surface area contributed by atoms with Crippen LogP contribution in [0.5, 0.6) is 0 Å². The molecule has 0 aromatic heterocycles. The van der Waals surface area contributed by atoms with Gasteiger partial charge in [0.25, 0.3) is 0 Å². The summed E-state index contributed by atoms with van der Waals surface area (Å²) in [4.78, 5) is 0. The molecule has 0 unspecified atom stereocenters. The molecule has 0 bridgehead atoms. The molecular weight excluding hydrogens is 192 g/mol. The Hall–Kier alpha value is 0.137. The van der Waals surface area contributed by atoms with Crippen molar-refractivity contribution < 1.29 is 8.85 Å². The molecule has 0 aliphatic carbocycles. The largest absolute Gasteiger partial charge is 0.395 e. The Balaban J connectivity index is 3.71. The molecule has 0 aromatic rings. The molecule has 0 fully saturated rings. The Kier molecular flexibility index (Phi) is 8.53. The third-order valence-corrected chi connectivity index (χ3v) is 5.44. The van der Waals surface area contributed by atoms with E-state index in [9.17, 15) is 0 Å². The van der Waals surface area contributed by atoms with E-state index in [0.717, 1.165) is 19.3 Å². The highest BCUT2D eigenvalue weighted by Gasteiger charge is 2.29. The molecule has 0 spiro atoms. The zero-order valence-electron chi connectivity index (χ0n) is 10.3. The van der Waals surface area contributed by atoms with Gasteiger partial charge in [0.15, 0.2) is 0 Å². The topological polar surface area (TPSA) is 18.5 Å². The Morgan fingerprint density at radius 3 is 1.86 bits per heavy atom. The molecule has 0 N–H and O–H groups in total. The van der Waals surface area contributed by atoms with Gasteiger partial charge >= 0.3 is 8.56 Å². The SMILES string of the molecule is CCCCCC[Si](C)(OCC)OCC. The van der Waals surface area contributed by atoms with Crippen molar-refractivity contribution in [1.82, 2.24) is 0 Å². The Morgan fingerprint density at radius 1 is 0.857 bits per heavy atom. The second-order valence-corrected chi connectivity index (χ2v) is 7.16. The minimum absolute atomic E-state index is 0.788. The highest BCUT2D eigenvalue weighted by Crippen LogP contribution is 2.18. The molecule has 0 atom stereocenters. The fourth-order valence-electron chi connectivity index (χ4n) is 1.67. The molecule has 0 saturated heterocycles. The minimum atomic E-state index is -1.80. The molecule has 0 rings (SSSR count). The fraction of sp³-hybridized carbons (Fsp3) is 1.00. The Morgan fingerprint density at radius 2 is 1.43 bits per heavy atom. The van der Waals surface area contributed by atoms with Crippen LogP contribution in [0.3, 0.4) is 0 Å². The van der Waals surface area contributed by atoms with E-state index in [1.807, 2.05) is 0 Å². The van der Waals surface area contributed by atoms with Gasteiger partial charge in [-0.1, -0.05) is 32.6 Å². The Bertz CT molecular complexity index is 122. The van der Waals surface area contributed by atoms with Crippen LogP contribution in [0.15, 0.2) is 0 Å². The normalized spacial score (nSPS) is 12.0. The van der Waals surface area contributed by atoms with Crippen molar-refractivity contribution in [2.45, 2.75) is 59.0 Å². The lowest BCUT2D eigenvalue weighted by Crippen LogP contribution is -2.38. The van der Waals surface area contributed by atoms with Gasteiger partial charge in [0.1, 0.15) is 0 Å². The second kappa shape index (κ2) is 8.45. The summed E-state index contributed by atoms with van der Waals surface area (Å²) in [5, 5.41) is 0. The molecule has 0 heterocycles. The lowest BCUT2D eigenvalue weighted by atomic mass is 10.2. The highest BCUT2D eigenvalue weighted by molar-refractivity contribution is 6.66. The summed E-state index contributed by atoms with van der Waals surface area (Å²) in [6, 6.07) is 1.15. The maximum Gasteiger partial charge on any atom is 0.334 e. The summed E-state index contributed by atoms with van der Waals surface area (Å²) < 4.78 is 11.5. The number of hydrogen-bond acceptors (Lipinski definition) is 2. The van der Waals surface area contributed by atoms with Crippen LogP contribution in [-0.4, -0.2) is 21.8 Å². The molecule has 0 amide bonds. The van der Waals surface area contributed by atoms with Gasteiger partial charge in [-0.05, 0) is 26.4 Å².